The Morgan fingerprint density at radius 2 is 1.76 bits per heavy atom. The van der Waals surface area contributed by atoms with Gasteiger partial charge in [-0.05, 0) is 48.4 Å². The minimum atomic E-state index is -0.564. The zero-order valence-electron chi connectivity index (χ0n) is 13.7. The van der Waals surface area contributed by atoms with Gasteiger partial charge in [0.1, 0.15) is 18.1 Å². The van der Waals surface area contributed by atoms with Crippen molar-refractivity contribution in [3.63, 3.8) is 0 Å². The van der Waals surface area contributed by atoms with Crippen molar-refractivity contribution in [2.45, 2.75) is 13.5 Å². The molecule has 132 valence electrons. The minimum Gasteiger partial charge on any atom is -0.484 e. The Bertz CT molecular complexity index is 763. The van der Waals surface area contributed by atoms with E-state index in [2.05, 4.69) is 0 Å². The first-order valence-corrected chi connectivity index (χ1v) is 7.86. The Kier molecular flexibility index (Phi) is 6.65. The quantitative estimate of drug-likeness (QED) is 0.728. The Balaban J connectivity index is 1.80. The van der Waals surface area contributed by atoms with Gasteiger partial charge in [-0.1, -0.05) is 23.7 Å². The van der Waals surface area contributed by atoms with Crippen molar-refractivity contribution < 1.29 is 23.8 Å². The maximum atomic E-state index is 11.8. The first-order valence-electron chi connectivity index (χ1n) is 7.48. The molecule has 0 saturated heterocycles. The number of benzene rings is 2. The van der Waals surface area contributed by atoms with Crippen molar-refractivity contribution in [1.29, 1.82) is 0 Å². The Morgan fingerprint density at radius 3 is 2.48 bits per heavy atom. The van der Waals surface area contributed by atoms with Crippen LogP contribution in [0.5, 0.6) is 11.5 Å². The lowest BCUT2D eigenvalue weighted by Gasteiger charge is -2.09. The molecule has 2 N–H and O–H groups in total. The summed E-state index contributed by atoms with van der Waals surface area (Å²) in [6.07, 6.45) is 0. The number of rotatable bonds is 8. The van der Waals surface area contributed by atoms with Crippen molar-refractivity contribution in [2.75, 3.05) is 13.2 Å². The molecule has 0 bridgehead atoms. The second-order valence-corrected chi connectivity index (χ2v) is 5.67. The van der Waals surface area contributed by atoms with Crippen LogP contribution >= 0.6 is 11.6 Å². The summed E-state index contributed by atoms with van der Waals surface area (Å²) >= 11 is 5.93. The molecule has 2 aromatic carbocycles. The Labute approximate surface area is 150 Å². The molecule has 6 nitrogen and oxygen atoms in total. The van der Waals surface area contributed by atoms with Crippen molar-refractivity contribution in [2.24, 2.45) is 5.73 Å². The minimum absolute atomic E-state index is 0.0651. The maximum absolute atomic E-state index is 11.8. The van der Waals surface area contributed by atoms with E-state index in [9.17, 15) is 9.59 Å². The van der Waals surface area contributed by atoms with E-state index in [0.29, 0.717) is 16.5 Å². The molecule has 25 heavy (non-hydrogen) atoms. The molecule has 2 rings (SSSR count). The first kappa shape index (κ1) is 18.6. The highest BCUT2D eigenvalue weighted by Gasteiger charge is 2.07. The predicted octanol–water partition coefficient (Wildman–Crippen LogP) is 2.63. The molecule has 0 heterocycles. The van der Waals surface area contributed by atoms with Gasteiger partial charge in [0.15, 0.2) is 13.2 Å². The Hall–Kier alpha value is -2.73. The Morgan fingerprint density at radius 1 is 1.04 bits per heavy atom. The van der Waals surface area contributed by atoms with Crippen LogP contribution in [0.2, 0.25) is 5.02 Å². The molecule has 0 aliphatic carbocycles. The first-order chi connectivity index (χ1) is 11.9. The number of carbonyl (C=O) groups excluding carboxylic acids is 2. The summed E-state index contributed by atoms with van der Waals surface area (Å²) in [5.41, 5.74) is 6.60. The summed E-state index contributed by atoms with van der Waals surface area (Å²) in [4.78, 5) is 22.5. The normalized spacial score (nSPS) is 10.2. The average Bonchev–Trinajstić information content (AvgIpc) is 2.59. The van der Waals surface area contributed by atoms with Gasteiger partial charge in [-0.25, -0.2) is 4.79 Å². The molecule has 0 aromatic heterocycles. The largest absolute Gasteiger partial charge is 0.484 e. The fourth-order valence-corrected chi connectivity index (χ4v) is 2.05. The molecule has 0 fully saturated rings. The van der Waals surface area contributed by atoms with E-state index < -0.39 is 11.9 Å². The second-order valence-electron chi connectivity index (χ2n) is 5.26. The topological polar surface area (TPSA) is 87.8 Å². The molecule has 0 saturated carbocycles. The number of nitrogens with two attached hydrogens (primary N) is 1. The molecule has 0 unspecified atom stereocenters. The van der Waals surface area contributed by atoms with Gasteiger partial charge in [-0.15, -0.1) is 0 Å². The molecular weight excluding hydrogens is 346 g/mol. The van der Waals surface area contributed by atoms with E-state index in [1.54, 1.807) is 42.5 Å². The molecule has 1 amide bonds. The zero-order valence-corrected chi connectivity index (χ0v) is 14.4. The molecule has 7 heteroatoms. The molecular formula is C18H18ClNO5. The van der Waals surface area contributed by atoms with Gasteiger partial charge in [0.25, 0.3) is 5.91 Å². The summed E-state index contributed by atoms with van der Waals surface area (Å²) in [5.74, 6) is -0.0524. The van der Waals surface area contributed by atoms with Crippen LogP contribution in [0.3, 0.4) is 0 Å². The van der Waals surface area contributed by atoms with Gasteiger partial charge in [0, 0.05) is 5.02 Å². The summed E-state index contributed by atoms with van der Waals surface area (Å²) in [6, 6.07) is 12.0. The van der Waals surface area contributed by atoms with Crippen LogP contribution in [0.1, 0.15) is 11.1 Å². The number of halogens is 1. The van der Waals surface area contributed by atoms with Gasteiger partial charge in [-0.2, -0.15) is 0 Å². The molecule has 0 aliphatic rings. The van der Waals surface area contributed by atoms with Crippen LogP contribution in [-0.4, -0.2) is 25.1 Å². The highest BCUT2D eigenvalue weighted by atomic mass is 35.5. The van der Waals surface area contributed by atoms with E-state index in [4.69, 9.17) is 31.5 Å². The number of amides is 1. The lowest BCUT2D eigenvalue weighted by molar-refractivity contribution is -0.147. The monoisotopic (exact) mass is 363 g/mol. The fourth-order valence-electron chi connectivity index (χ4n) is 1.93. The number of ether oxygens (including phenoxy) is 3. The standard InChI is InChI=1S/C18H18ClNO5/c1-12-7-15(5-6-16(12)19)24-11-18(22)25-9-13-3-2-4-14(8-13)23-10-17(20)21/h2-8H,9-11H2,1H3,(H2,20,21). The molecule has 0 atom stereocenters. The third kappa shape index (κ3) is 6.35. The lowest BCUT2D eigenvalue weighted by Crippen LogP contribution is -2.20. The smallest absolute Gasteiger partial charge is 0.344 e. The van der Waals surface area contributed by atoms with E-state index in [0.717, 1.165) is 11.1 Å². The number of primary amides is 1. The van der Waals surface area contributed by atoms with Gasteiger partial charge in [-0.3, -0.25) is 4.79 Å². The van der Waals surface area contributed by atoms with Crippen molar-refractivity contribution in [1.82, 2.24) is 0 Å². The van der Waals surface area contributed by atoms with Crippen molar-refractivity contribution in [3.05, 3.63) is 58.6 Å². The number of aryl methyl sites for hydroxylation is 1. The van der Waals surface area contributed by atoms with Gasteiger partial charge in [0.05, 0.1) is 0 Å². The third-order valence-electron chi connectivity index (χ3n) is 3.17. The van der Waals surface area contributed by atoms with E-state index >= 15 is 0 Å². The average molecular weight is 364 g/mol. The van der Waals surface area contributed by atoms with Gasteiger partial charge in [0.2, 0.25) is 0 Å². The lowest BCUT2D eigenvalue weighted by atomic mass is 10.2. The van der Waals surface area contributed by atoms with E-state index in [1.165, 1.54) is 0 Å². The predicted molar refractivity (Wildman–Crippen MR) is 92.6 cm³/mol. The number of carbonyl (C=O) groups is 2. The highest BCUT2D eigenvalue weighted by Crippen LogP contribution is 2.21. The summed E-state index contributed by atoms with van der Waals surface area (Å²) in [5, 5.41) is 0.633. The van der Waals surface area contributed by atoms with Crippen LogP contribution in [0.15, 0.2) is 42.5 Å². The van der Waals surface area contributed by atoms with E-state index in [-0.39, 0.29) is 19.8 Å². The van der Waals surface area contributed by atoms with Crippen LogP contribution in [0.4, 0.5) is 0 Å². The summed E-state index contributed by atoms with van der Waals surface area (Å²) < 4.78 is 15.7. The maximum Gasteiger partial charge on any atom is 0.344 e. The third-order valence-corrected chi connectivity index (χ3v) is 3.59. The highest BCUT2D eigenvalue weighted by molar-refractivity contribution is 6.31. The zero-order chi connectivity index (χ0) is 18.2. The van der Waals surface area contributed by atoms with E-state index in [1.807, 2.05) is 6.92 Å². The number of esters is 1. The molecule has 0 aliphatic heterocycles. The van der Waals surface area contributed by atoms with Crippen molar-refractivity contribution >= 4 is 23.5 Å². The van der Waals surface area contributed by atoms with Crippen molar-refractivity contribution in [3.8, 4) is 11.5 Å². The van der Waals surface area contributed by atoms with Crippen LogP contribution in [0.25, 0.3) is 0 Å². The van der Waals surface area contributed by atoms with Crippen LogP contribution < -0.4 is 15.2 Å². The number of hydrogen-bond acceptors (Lipinski definition) is 5. The molecule has 0 radical (unpaired) electrons. The molecule has 2 aromatic rings. The summed E-state index contributed by atoms with van der Waals surface area (Å²) in [6.45, 7) is 1.49. The van der Waals surface area contributed by atoms with Crippen LogP contribution in [-0.2, 0) is 20.9 Å². The van der Waals surface area contributed by atoms with Gasteiger partial charge >= 0.3 is 5.97 Å². The number of hydrogen-bond donors (Lipinski definition) is 1. The molecule has 0 spiro atoms. The van der Waals surface area contributed by atoms with Crippen LogP contribution in [0, 0.1) is 6.92 Å². The fraction of sp³-hybridized carbons (Fsp3) is 0.222. The summed E-state index contributed by atoms with van der Waals surface area (Å²) in [7, 11) is 0. The SMILES string of the molecule is Cc1cc(OCC(=O)OCc2cccc(OCC(N)=O)c2)ccc1Cl. The van der Waals surface area contributed by atoms with Gasteiger partial charge < -0.3 is 19.9 Å². The second kappa shape index (κ2) is 8.94.